The van der Waals surface area contributed by atoms with Crippen LogP contribution in [0, 0.1) is 23.2 Å². The van der Waals surface area contributed by atoms with Gasteiger partial charge in [-0.05, 0) is 92.1 Å². The lowest BCUT2D eigenvalue weighted by atomic mass is 9.66. The van der Waals surface area contributed by atoms with Gasteiger partial charge in [-0.15, -0.1) is 6.58 Å². The Labute approximate surface area is 199 Å². The summed E-state index contributed by atoms with van der Waals surface area (Å²) < 4.78 is 5.69. The number of benzene rings is 1. The van der Waals surface area contributed by atoms with Crippen molar-refractivity contribution in [2.45, 2.75) is 117 Å². The number of hydrogen-bond acceptors (Lipinski definition) is 1. The lowest BCUT2D eigenvalue weighted by Gasteiger charge is -2.39. The van der Waals surface area contributed by atoms with E-state index in [1.54, 1.807) is 0 Å². The fourth-order valence-electron chi connectivity index (χ4n) is 6.68. The number of ether oxygens (including phenoxy) is 1. The van der Waals surface area contributed by atoms with Gasteiger partial charge in [0.15, 0.2) is 0 Å². The summed E-state index contributed by atoms with van der Waals surface area (Å²) >= 11 is 0. The van der Waals surface area contributed by atoms with Gasteiger partial charge in [0, 0.05) is 6.61 Å². The number of hydrogen-bond donors (Lipinski definition) is 0. The molecule has 0 aromatic heterocycles. The Morgan fingerprint density at radius 2 is 1.69 bits per heavy atom. The molecular weight excluding hydrogens is 388 g/mol. The Bertz CT molecular complexity index is 631. The molecule has 3 rings (SSSR count). The molecule has 1 aromatic carbocycles. The normalized spacial score (nSPS) is 24.2. The van der Waals surface area contributed by atoms with Crippen molar-refractivity contribution < 1.29 is 4.74 Å². The van der Waals surface area contributed by atoms with E-state index in [1.165, 1.54) is 101 Å². The Kier molecular flexibility index (Phi) is 10.8. The number of rotatable bonds is 13. The molecular formula is C31H50O. The Balaban J connectivity index is 1.43. The van der Waals surface area contributed by atoms with Gasteiger partial charge in [-0.3, -0.25) is 0 Å². The SMILES string of the molecule is C=CCC1(CCC2CCC(C(CC)Cc3ccc(COCCC)cc3)CC2)CCCCC1. The minimum Gasteiger partial charge on any atom is -0.377 e. The minimum absolute atomic E-state index is 0.608. The highest BCUT2D eigenvalue weighted by molar-refractivity contribution is 5.22. The first kappa shape index (κ1) is 25.5. The second kappa shape index (κ2) is 13.6. The maximum atomic E-state index is 5.69. The van der Waals surface area contributed by atoms with Crippen LogP contribution in [0.4, 0.5) is 0 Å². The second-order valence-corrected chi connectivity index (χ2v) is 11.1. The van der Waals surface area contributed by atoms with Crippen LogP contribution in [0.1, 0.15) is 115 Å². The average Bonchev–Trinajstić information content (AvgIpc) is 2.84. The summed E-state index contributed by atoms with van der Waals surface area (Å²) in [6.45, 7) is 10.3. The molecule has 0 amide bonds. The van der Waals surface area contributed by atoms with Crippen molar-refractivity contribution in [3.63, 3.8) is 0 Å². The Hall–Kier alpha value is -1.08. The van der Waals surface area contributed by atoms with Crippen molar-refractivity contribution in [2.75, 3.05) is 6.61 Å². The van der Waals surface area contributed by atoms with Crippen molar-refractivity contribution in [1.29, 1.82) is 0 Å². The zero-order valence-corrected chi connectivity index (χ0v) is 21.3. The summed E-state index contributed by atoms with van der Waals surface area (Å²) in [5, 5.41) is 0. The molecule has 0 radical (unpaired) electrons. The molecule has 180 valence electrons. The van der Waals surface area contributed by atoms with Gasteiger partial charge in [0.25, 0.3) is 0 Å². The van der Waals surface area contributed by atoms with Crippen molar-refractivity contribution in [3.8, 4) is 0 Å². The largest absolute Gasteiger partial charge is 0.377 e. The highest BCUT2D eigenvalue weighted by atomic mass is 16.5. The monoisotopic (exact) mass is 438 g/mol. The van der Waals surface area contributed by atoms with E-state index >= 15 is 0 Å². The van der Waals surface area contributed by atoms with Gasteiger partial charge in [0.2, 0.25) is 0 Å². The molecule has 0 bridgehead atoms. The van der Waals surface area contributed by atoms with Crippen molar-refractivity contribution in [3.05, 3.63) is 48.0 Å². The van der Waals surface area contributed by atoms with E-state index in [0.717, 1.165) is 37.4 Å². The van der Waals surface area contributed by atoms with Crippen molar-refractivity contribution in [1.82, 2.24) is 0 Å². The fraction of sp³-hybridized carbons (Fsp3) is 0.742. The van der Waals surface area contributed by atoms with Crippen LogP contribution >= 0.6 is 0 Å². The zero-order valence-electron chi connectivity index (χ0n) is 21.3. The molecule has 2 aliphatic rings. The molecule has 1 aromatic rings. The first-order valence-electron chi connectivity index (χ1n) is 13.9. The van der Waals surface area contributed by atoms with Gasteiger partial charge in [-0.1, -0.05) is 82.7 Å². The maximum absolute atomic E-state index is 5.69. The molecule has 0 aliphatic heterocycles. The molecule has 0 spiro atoms. The quantitative estimate of drug-likeness (QED) is 0.220. The molecule has 1 atom stereocenters. The van der Waals surface area contributed by atoms with Crippen LogP contribution in [0.2, 0.25) is 0 Å². The molecule has 1 unspecified atom stereocenters. The van der Waals surface area contributed by atoms with Crippen LogP contribution < -0.4 is 0 Å². The predicted molar refractivity (Wildman–Crippen MR) is 139 cm³/mol. The first-order chi connectivity index (χ1) is 15.7. The van der Waals surface area contributed by atoms with E-state index in [9.17, 15) is 0 Å². The van der Waals surface area contributed by atoms with Gasteiger partial charge >= 0.3 is 0 Å². The third-order valence-corrected chi connectivity index (χ3v) is 8.79. The number of allylic oxidation sites excluding steroid dienone is 1. The summed E-state index contributed by atoms with van der Waals surface area (Å²) in [6, 6.07) is 9.25. The molecule has 0 saturated heterocycles. The topological polar surface area (TPSA) is 9.23 Å². The highest BCUT2D eigenvalue weighted by Gasteiger charge is 2.33. The van der Waals surface area contributed by atoms with Gasteiger partial charge < -0.3 is 4.74 Å². The molecule has 32 heavy (non-hydrogen) atoms. The lowest BCUT2D eigenvalue weighted by Crippen LogP contribution is -2.27. The van der Waals surface area contributed by atoms with Crippen LogP contribution in [0.15, 0.2) is 36.9 Å². The zero-order chi connectivity index (χ0) is 22.7. The van der Waals surface area contributed by atoms with Crippen LogP contribution in [0.3, 0.4) is 0 Å². The average molecular weight is 439 g/mol. The standard InChI is InChI=1S/C31H50O/c1-4-19-31(20-8-7-9-21-31)22-18-26-14-16-30(17-15-26)29(6-3)24-27-10-12-28(13-11-27)25-32-23-5-2/h4,10-13,26,29-30H,1,5-9,14-25H2,2-3H3. The first-order valence-corrected chi connectivity index (χ1v) is 13.9. The van der Waals surface area contributed by atoms with Crippen molar-refractivity contribution >= 4 is 0 Å². The van der Waals surface area contributed by atoms with E-state index in [-0.39, 0.29) is 0 Å². The summed E-state index contributed by atoms with van der Waals surface area (Å²) in [7, 11) is 0. The maximum Gasteiger partial charge on any atom is 0.0716 e. The van der Waals surface area contributed by atoms with E-state index in [1.807, 2.05) is 0 Å². The fourth-order valence-corrected chi connectivity index (χ4v) is 6.68. The lowest BCUT2D eigenvalue weighted by molar-refractivity contribution is 0.121. The Morgan fingerprint density at radius 3 is 2.31 bits per heavy atom. The van der Waals surface area contributed by atoms with E-state index in [0.29, 0.717) is 5.41 Å². The van der Waals surface area contributed by atoms with Crippen LogP contribution in [0.5, 0.6) is 0 Å². The van der Waals surface area contributed by atoms with E-state index < -0.39 is 0 Å². The molecule has 2 saturated carbocycles. The van der Waals surface area contributed by atoms with Crippen LogP contribution in [-0.2, 0) is 17.8 Å². The summed E-state index contributed by atoms with van der Waals surface area (Å²) in [4.78, 5) is 0. The molecule has 2 aliphatic carbocycles. The summed E-state index contributed by atoms with van der Waals surface area (Å²) in [5.41, 5.74) is 3.43. The molecule has 2 fully saturated rings. The van der Waals surface area contributed by atoms with Crippen LogP contribution in [-0.4, -0.2) is 6.61 Å². The van der Waals surface area contributed by atoms with Gasteiger partial charge in [-0.25, -0.2) is 0 Å². The minimum atomic E-state index is 0.608. The summed E-state index contributed by atoms with van der Waals surface area (Å²) in [5.74, 6) is 2.76. The molecule has 0 heterocycles. The van der Waals surface area contributed by atoms with Gasteiger partial charge in [-0.2, -0.15) is 0 Å². The predicted octanol–water partition coefficient (Wildman–Crippen LogP) is 9.30. The van der Waals surface area contributed by atoms with E-state index in [2.05, 4.69) is 50.8 Å². The van der Waals surface area contributed by atoms with Gasteiger partial charge in [0.05, 0.1) is 6.61 Å². The third kappa shape index (κ3) is 7.75. The molecule has 1 nitrogen and oxygen atoms in total. The van der Waals surface area contributed by atoms with Crippen LogP contribution in [0.25, 0.3) is 0 Å². The summed E-state index contributed by atoms with van der Waals surface area (Å²) in [6.07, 6.45) is 23.2. The second-order valence-electron chi connectivity index (χ2n) is 11.1. The van der Waals surface area contributed by atoms with Gasteiger partial charge in [0.1, 0.15) is 0 Å². The Morgan fingerprint density at radius 1 is 1.00 bits per heavy atom. The molecule has 1 heteroatoms. The van der Waals surface area contributed by atoms with E-state index in [4.69, 9.17) is 4.74 Å². The highest BCUT2D eigenvalue weighted by Crippen LogP contribution is 2.46. The molecule has 0 N–H and O–H groups in total. The third-order valence-electron chi connectivity index (χ3n) is 8.79. The smallest absolute Gasteiger partial charge is 0.0716 e. The van der Waals surface area contributed by atoms with Crippen molar-refractivity contribution in [2.24, 2.45) is 23.2 Å².